The minimum absolute atomic E-state index is 0.111. The number of halogens is 1. The second-order valence-electron chi connectivity index (χ2n) is 8.42. The topological polar surface area (TPSA) is 67.4 Å². The highest BCUT2D eigenvalue weighted by molar-refractivity contribution is 6.32. The summed E-state index contributed by atoms with van der Waals surface area (Å²) in [7, 11) is 0. The molecule has 0 radical (unpaired) electrons. The first-order valence-corrected chi connectivity index (χ1v) is 9.79. The number of aryl methyl sites for hydroxylation is 1. The van der Waals surface area contributed by atoms with Crippen molar-refractivity contribution in [2.75, 3.05) is 6.61 Å². The molecule has 3 amide bonds. The van der Waals surface area contributed by atoms with Gasteiger partial charge in [-0.15, -0.1) is 0 Å². The van der Waals surface area contributed by atoms with Crippen molar-refractivity contribution in [3.05, 3.63) is 28.8 Å². The van der Waals surface area contributed by atoms with E-state index in [1.54, 1.807) is 12.1 Å². The average molecular weight is 377 g/mol. The van der Waals surface area contributed by atoms with E-state index >= 15 is 0 Å². The fourth-order valence-corrected chi connectivity index (χ4v) is 5.74. The van der Waals surface area contributed by atoms with Crippen molar-refractivity contribution < 1.29 is 14.3 Å². The number of nitrogens with one attached hydrogen (secondary N) is 2. The van der Waals surface area contributed by atoms with E-state index in [9.17, 15) is 9.59 Å². The molecule has 4 fully saturated rings. The number of benzene rings is 1. The zero-order valence-corrected chi connectivity index (χ0v) is 15.8. The fraction of sp³-hybridized carbons (Fsp3) is 0.600. The summed E-state index contributed by atoms with van der Waals surface area (Å²) in [5.74, 6) is 2.20. The third kappa shape index (κ3) is 3.68. The van der Waals surface area contributed by atoms with Crippen LogP contribution in [0, 0.1) is 24.7 Å². The van der Waals surface area contributed by atoms with Crippen molar-refractivity contribution in [1.82, 2.24) is 10.6 Å². The second-order valence-corrected chi connectivity index (χ2v) is 8.83. The molecule has 0 saturated heterocycles. The van der Waals surface area contributed by atoms with E-state index in [0.717, 1.165) is 42.6 Å². The highest BCUT2D eigenvalue weighted by Gasteiger charge is 2.51. The van der Waals surface area contributed by atoms with Crippen molar-refractivity contribution in [3.63, 3.8) is 0 Å². The van der Waals surface area contributed by atoms with Crippen molar-refractivity contribution in [2.24, 2.45) is 17.8 Å². The minimum atomic E-state index is -0.468. The van der Waals surface area contributed by atoms with E-state index in [2.05, 4.69) is 10.6 Å². The number of urea groups is 1. The van der Waals surface area contributed by atoms with Crippen molar-refractivity contribution in [2.45, 2.75) is 51.0 Å². The van der Waals surface area contributed by atoms with E-state index in [-0.39, 0.29) is 12.1 Å². The maximum absolute atomic E-state index is 12.3. The molecule has 0 aromatic heterocycles. The minimum Gasteiger partial charge on any atom is -0.482 e. The van der Waals surface area contributed by atoms with Gasteiger partial charge in [-0.25, -0.2) is 4.79 Å². The molecular formula is C20H25ClN2O3. The van der Waals surface area contributed by atoms with Gasteiger partial charge in [-0.05, 0) is 80.9 Å². The van der Waals surface area contributed by atoms with E-state index in [1.165, 1.54) is 19.3 Å². The van der Waals surface area contributed by atoms with E-state index in [4.69, 9.17) is 16.3 Å². The maximum Gasteiger partial charge on any atom is 0.321 e. The number of ether oxygens (including phenoxy) is 1. The summed E-state index contributed by atoms with van der Waals surface area (Å²) >= 11 is 6.05. The Morgan fingerprint density at radius 1 is 1.15 bits per heavy atom. The molecule has 5 rings (SSSR count). The number of carbonyl (C=O) groups is 2. The van der Waals surface area contributed by atoms with E-state index in [1.807, 2.05) is 13.0 Å². The lowest BCUT2D eigenvalue weighted by molar-refractivity contribution is -0.122. The second kappa shape index (κ2) is 6.76. The van der Waals surface area contributed by atoms with Crippen LogP contribution in [-0.2, 0) is 4.79 Å². The monoisotopic (exact) mass is 376 g/mol. The van der Waals surface area contributed by atoms with Crippen LogP contribution in [-0.4, -0.2) is 24.1 Å². The Labute approximate surface area is 158 Å². The van der Waals surface area contributed by atoms with E-state index < -0.39 is 11.9 Å². The Bertz CT molecular complexity index is 698. The third-order valence-electron chi connectivity index (χ3n) is 6.12. The average Bonchev–Trinajstić information content (AvgIpc) is 2.53. The van der Waals surface area contributed by atoms with Crippen molar-refractivity contribution >= 4 is 23.5 Å². The predicted octanol–water partition coefficient (Wildman–Crippen LogP) is 3.82. The van der Waals surface area contributed by atoms with E-state index in [0.29, 0.717) is 10.8 Å². The Morgan fingerprint density at radius 3 is 2.38 bits per heavy atom. The summed E-state index contributed by atoms with van der Waals surface area (Å²) in [5.41, 5.74) is 0.879. The molecule has 0 atom stereocenters. The number of hydrogen-bond donors (Lipinski definition) is 2. The molecule has 4 bridgehead atoms. The smallest absolute Gasteiger partial charge is 0.321 e. The number of amides is 3. The Morgan fingerprint density at radius 2 is 1.77 bits per heavy atom. The van der Waals surface area contributed by atoms with Crippen molar-refractivity contribution in [1.29, 1.82) is 0 Å². The van der Waals surface area contributed by atoms with Gasteiger partial charge in [-0.2, -0.15) is 0 Å². The van der Waals surface area contributed by atoms with Gasteiger partial charge in [0.2, 0.25) is 0 Å². The molecule has 26 heavy (non-hydrogen) atoms. The zero-order chi connectivity index (χ0) is 18.3. The van der Waals surface area contributed by atoms with Gasteiger partial charge >= 0.3 is 6.03 Å². The summed E-state index contributed by atoms with van der Waals surface area (Å²) in [6.07, 6.45) is 7.09. The molecule has 4 saturated carbocycles. The van der Waals surface area contributed by atoms with Crippen LogP contribution in [0.15, 0.2) is 18.2 Å². The van der Waals surface area contributed by atoms with Crippen LogP contribution in [0.1, 0.15) is 44.1 Å². The zero-order valence-electron chi connectivity index (χ0n) is 15.0. The fourth-order valence-electron chi connectivity index (χ4n) is 5.56. The highest BCUT2D eigenvalue weighted by atomic mass is 35.5. The summed E-state index contributed by atoms with van der Waals surface area (Å²) in [4.78, 5) is 24.4. The summed E-state index contributed by atoms with van der Waals surface area (Å²) < 4.78 is 5.45. The van der Waals surface area contributed by atoms with Crippen LogP contribution in [0.3, 0.4) is 0 Å². The molecule has 0 spiro atoms. The van der Waals surface area contributed by atoms with Crippen LogP contribution in [0.2, 0.25) is 5.02 Å². The van der Waals surface area contributed by atoms with Crippen LogP contribution in [0.5, 0.6) is 5.75 Å². The molecule has 0 aliphatic heterocycles. The predicted molar refractivity (Wildman–Crippen MR) is 99.3 cm³/mol. The van der Waals surface area contributed by atoms with Crippen LogP contribution < -0.4 is 15.4 Å². The van der Waals surface area contributed by atoms with Gasteiger partial charge in [0, 0.05) is 5.54 Å². The van der Waals surface area contributed by atoms with Crippen molar-refractivity contribution in [3.8, 4) is 5.75 Å². The summed E-state index contributed by atoms with van der Waals surface area (Å²) in [5, 5.41) is 5.97. The SMILES string of the molecule is Cc1ccc(Cl)c(OCC(=O)NC(=O)NC23CC4CC(CC(C4)C2)C3)c1. The normalized spacial score (nSPS) is 31.5. The van der Waals surface area contributed by atoms with Crippen LogP contribution >= 0.6 is 11.6 Å². The molecule has 0 heterocycles. The summed E-state index contributed by atoms with van der Waals surface area (Å²) in [6, 6.07) is 4.96. The van der Waals surface area contributed by atoms with Crippen LogP contribution in [0.25, 0.3) is 0 Å². The first-order valence-electron chi connectivity index (χ1n) is 9.42. The Balaban J connectivity index is 1.29. The molecule has 1 aromatic rings. The highest BCUT2D eigenvalue weighted by Crippen LogP contribution is 2.55. The Kier molecular flexibility index (Phi) is 4.59. The van der Waals surface area contributed by atoms with Gasteiger partial charge in [-0.3, -0.25) is 10.1 Å². The molecule has 4 aliphatic rings. The van der Waals surface area contributed by atoms with Gasteiger partial charge in [0.25, 0.3) is 5.91 Å². The lowest BCUT2D eigenvalue weighted by atomic mass is 9.53. The molecular weight excluding hydrogens is 352 g/mol. The van der Waals surface area contributed by atoms with Gasteiger partial charge in [0.05, 0.1) is 5.02 Å². The quantitative estimate of drug-likeness (QED) is 0.839. The van der Waals surface area contributed by atoms with Gasteiger partial charge < -0.3 is 10.1 Å². The standard InChI is InChI=1S/C20H25ClN2O3/c1-12-2-3-16(21)17(4-12)26-11-18(24)22-19(25)23-20-8-13-5-14(9-20)7-15(6-13)10-20/h2-4,13-15H,5-11H2,1H3,(H2,22,23,24,25). The first kappa shape index (κ1) is 17.7. The molecule has 5 nitrogen and oxygen atoms in total. The van der Waals surface area contributed by atoms with Crippen LogP contribution in [0.4, 0.5) is 4.79 Å². The molecule has 6 heteroatoms. The van der Waals surface area contributed by atoms with Gasteiger partial charge in [-0.1, -0.05) is 17.7 Å². The first-order chi connectivity index (χ1) is 12.4. The third-order valence-corrected chi connectivity index (χ3v) is 6.43. The molecule has 1 aromatic carbocycles. The lowest BCUT2D eigenvalue weighted by Crippen LogP contribution is -2.62. The number of hydrogen-bond acceptors (Lipinski definition) is 3. The number of carbonyl (C=O) groups excluding carboxylic acids is 2. The molecule has 0 unspecified atom stereocenters. The summed E-state index contributed by atoms with van der Waals surface area (Å²) in [6.45, 7) is 1.68. The lowest BCUT2D eigenvalue weighted by Gasteiger charge is -2.56. The van der Waals surface area contributed by atoms with Gasteiger partial charge in [0.15, 0.2) is 6.61 Å². The molecule has 2 N–H and O–H groups in total. The largest absolute Gasteiger partial charge is 0.482 e. The number of rotatable bonds is 4. The maximum atomic E-state index is 12.3. The van der Waals surface area contributed by atoms with Gasteiger partial charge in [0.1, 0.15) is 5.75 Å². The number of imide groups is 1. The molecule has 4 aliphatic carbocycles. The Hall–Kier alpha value is -1.75. The molecule has 140 valence electrons.